The maximum absolute atomic E-state index is 2.29. The molecule has 0 nitrogen and oxygen atoms in total. The third-order valence-electron chi connectivity index (χ3n) is 11.4. The second kappa shape index (κ2) is 17.6. The van der Waals surface area contributed by atoms with Gasteiger partial charge in [-0.15, -0.1) is 22.7 Å². The van der Waals surface area contributed by atoms with Gasteiger partial charge in [-0.2, -0.15) is 0 Å². The molecular weight excluding hydrogens is 773 g/mol. The van der Waals surface area contributed by atoms with E-state index in [-0.39, 0.29) is 0 Å². The normalized spacial score (nSPS) is 11.7. The van der Waals surface area contributed by atoms with Crippen LogP contribution in [0.1, 0.15) is 37.5 Å². The summed E-state index contributed by atoms with van der Waals surface area (Å²) in [7, 11) is 0. The number of allylic oxidation sites excluding steroid dienone is 5. The molecule has 0 bridgehead atoms. The van der Waals surface area contributed by atoms with Gasteiger partial charge in [0.15, 0.2) is 0 Å². The highest BCUT2D eigenvalue weighted by Gasteiger charge is 2.12. The average Bonchev–Trinajstić information content (AvgIpc) is 3.88. The predicted molar refractivity (Wildman–Crippen MR) is 272 cm³/mol. The summed E-state index contributed by atoms with van der Waals surface area (Å²) in [5.41, 5.74) is 16.6. The number of aryl methyl sites for hydroxylation is 2. The van der Waals surface area contributed by atoms with Crippen LogP contribution in [-0.2, 0) is 0 Å². The Labute approximate surface area is 368 Å². The molecule has 0 saturated carbocycles. The summed E-state index contributed by atoms with van der Waals surface area (Å²) in [5.74, 6) is 0. The van der Waals surface area contributed by atoms with Gasteiger partial charge in [0.05, 0.1) is 0 Å². The van der Waals surface area contributed by atoms with Crippen molar-refractivity contribution in [2.24, 2.45) is 0 Å². The van der Waals surface area contributed by atoms with Crippen molar-refractivity contribution in [1.82, 2.24) is 0 Å². The minimum atomic E-state index is 1.24. The summed E-state index contributed by atoms with van der Waals surface area (Å²) in [5, 5.41) is 5.39. The summed E-state index contributed by atoms with van der Waals surface area (Å²) in [6, 6.07) is 64.1. The molecule has 61 heavy (non-hydrogen) atoms. The molecule has 0 amide bonds. The smallest absolute Gasteiger partial charge is 0.0433 e. The highest BCUT2D eigenvalue weighted by Crippen LogP contribution is 2.41. The lowest BCUT2D eigenvalue weighted by molar-refractivity contribution is 1.38. The predicted octanol–water partition coefficient (Wildman–Crippen LogP) is 18.3. The average molecular weight is 821 g/mol. The molecule has 0 aliphatic rings. The zero-order chi connectivity index (χ0) is 41.9. The van der Waals surface area contributed by atoms with Crippen LogP contribution in [-0.4, -0.2) is 0 Å². The van der Waals surface area contributed by atoms with Crippen LogP contribution in [0.5, 0.6) is 0 Å². The monoisotopic (exact) mass is 820 g/mol. The second-order valence-electron chi connectivity index (χ2n) is 16.1. The number of hydrogen-bond donors (Lipinski definition) is 0. The van der Waals surface area contributed by atoms with Crippen molar-refractivity contribution in [2.75, 3.05) is 0 Å². The van der Waals surface area contributed by atoms with Crippen LogP contribution >= 0.6 is 22.7 Å². The summed E-state index contributed by atoms with van der Waals surface area (Å²) in [6.45, 7) is 10.7. The second-order valence-corrected chi connectivity index (χ2v) is 18.2. The van der Waals surface area contributed by atoms with Crippen molar-refractivity contribution >= 4 is 69.1 Å². The maximum Gasteiger partial charge on any atom is 0.0433 e. The molecule has 2 heterocycles. The SMILES string of the molecule is CC(C)=C/C=C(C)\C=C\c1cc(-c2ccc(-c3cccc4c3sc3ccccc34)cc2)ccc1C.Cc1ccc(-c2ccc(-c3cccc4c3sc3ccccc34)cc2)cc1. The molecule has 2 aromatic heterocycles. The Morgan fingerprint density at radius 2 is 0.852 bits per heavy atom. The molecule has 0 spiro atoms. The fraction of sp³-hybridized carbons (Fsp3) is 0.0847. The first-order valence-corrected chi connectivity index (χ1v) is 22.6. The van der Waals surface area contributed by atoms with Gasteiger partial charge in [-0.05, 0) is 108 Å². The Balaban J connectivity index is 0.000000163. The van der Waals surface area contributed by atoms with E-state index in [0.29, 0.717) is 0 Å². The summed E-state index contributed by atoms with van der Waals surface area (Å²) in [6.07, 6.45) is 8.74. The fourth-order valence-corrected chi connectivity index (χ4v) is 10.4. The number of thiophene rings is 2. The highest BCUT2D eigenvalue weighted by molar-refractivity contribution is 7.26. The van der Waals surface area contributed by atoms with Crippen molar-refractivity contribution in [1.29, 1.82) is 0 Å². The molecule has 8 aromatic carbocycles. The van der Waals surface area contributed by atoms with Crippen LogP contribution in [0.15, 0.2) is 205 Å². The molecule has 0 aliphatic heterocycles. The van der Waals surface area contributed by atoms with Crippen LogP contribution in [0.3, 0.4) is 0 Å². The first-order chi connectivity index (χ1) is 29.8. The molecule has 0 unspecified atom stereocenters. The van der Waals surface area contributed by atoms with E-state index in [1.807, 2.05) is 22.7 Å². The van der Waals surface area contributed by atoms with Gasteiger partial charge >= 0.3 is 0 Å². The van der Waals surface area contributed by atoms with Crippen LogP contribution in [0.25, 0.3) is 90.9 Å². The molecule has 10 aromatic rings. The van der Waals surface area contributed by atoms with Gasteiger partial charge in [0.1, 0.15) is 0 Å². The number of benzene rings is 8. The Morgan fingerprint density at radius 1 is 0.410 bits per heavy atom. The van der Waals surface area contributed by atoms with E-state index in [1.54, 1.807) is 0 Å². The van der Waals surface area contributed by atoms with Crippen LogP contribution in [0.2, 0.25) is 0 Å². The van der Waals surface area contributed by atoms with Gasteiger partial charge in [-0.1, -0.05) is 199 Å². The van der Waals surface area contributed by atoms with Gasteiger partial charge in [0.25, 0.3) is 0 Å². The Hall–Kier alpha value is -6.58. The zero-order valence-electron chi connectivity index (χ0n) is 35.4. The number of hydrogen-bond acceptors (Lipinski definition) is 2. The lowest BCUT2D eigenvalue weighted by Crippen LogP contribution is -1.85. The molecule has 10 rings (SSSR count). The molecule has 0 N–H and O–H groups in total. The van der Waals surface area contributed by atoms with Gasteiger partial charge in [0, 0.05) is 40.3 Å². The minimum absolute atomic E-state index is 1.24. The van der Waals surface area contributed by atoms with Gasteiger partial charge in [-0.3, -0.25) is 0 Å². The molecule has 296 valence electrons. The van der Waals surface area contributed by atoms with E-state index in [1.165, 1.54) is 113 Å². The molecular formula is C59H48S2. The molecule has 2 heteroatoms. The lowest BCUT2D eigenvalue weighted by atomic mass is 9.96. The zero-order valence-corrected chi connectivity index (χ0v) is 37.0. The van der Waals surface area contributed by atoms with E-state index in [9.17, 15) is 0 Å². The number of rotatable bonds is 7. The Kier molecular flexibility index (Phi) is 11.5. The Morgan fingerprint density at radius 3 is 1.38 bits per heavy atom. The van der Waals surface area contributed by atoms with Crippen molar-refractivity contribution in [3.05, 3.63) is 222 Å². The lowest BCUT2D eigenvalue weighted by Gasteiger charge is -2.09. The van der Waals surface area contributed by atoms with E-state index < -0.39 is 0 Å². The van der Waals surface area contributed by atoms with Crippen molar-refractivity contribution in [3.8, 4) is 44.5 Å². The Bertz CT molecular complexity index is 3250. The van der Waals surface area contributed by atoms with E-state index in [0.717, 1.165) is 0 Å². The molecule has 0 aliphatic carbocycles. The highest BCUT2D eigenvalue weighted by atomic mass is 32.1. The quantitative estimate of drug-likeness (QED) is 0.141. The van der Waals surface area contributed by atoms with E-state index in [2.05, 4.69) is 235 Å². The van der Waals surface area contributed by atoms with E-state index in [4.69, 9.17) is 0 Å². The van der Waals surface area contributed by atoms with Crippen LogP contribution in [0, 0.1) is 13.8 Å². The van der Waals surface area contributed by atoms with Crippen molar-refractivity contribution in [2.45, 2.75) is 34.6 Å². The molecule has 0 saturated heterocycles. The number of fused-ring (bicyclic) bond motifs is 6. The first kappa shape index (κ1) is 39.9. The summed E-state index contributed by atoms with van der Waals surface area (Å²) < 4.78 is 5.43. The molecule has 0 fully saturated rings. The van der Waals surface area contributed by atoms with Gasteiger partial charge in [0.2, 0.25) is 0 Å². The van der Waals surface area contributed by atoms with Crippen LogP contribution in [0.4, 0.5) is 0 Å². The standard InChI is InChI=1S/C34H30S.C25H18S/c1-23(2)12-13-24(3)14-16-28-22-29(17-15-25(28)4)26-18-20-27(21-19-26)30-9-7-10-32-31-8-5-6-11-33(31)35-34(30)32;1-17-9-11-18(12-10-17)19-13-15-20(16-14-19)21-6-4-7-23-22-5-2-3-8-24(22)26-25(21)23/h5-22H,1-4H3;2-16H,1H3/b16-14+,24-13-;. The van der Waals surface area contributed by atoms with Crippen molar-refractivity contribution < 1.29 is 0 Å². The van der Waals surface area contributed by atoms with Crippen LogP contribution < -0.4 is 0 Å². The minimum Gasteiger partial charge on any atom is -0.135 e. The first-order valence-electron chi connectivity index (χ1n) is 21.0. The largest absolute Gasteiger partial charge is 0.135 e. The summed E-state index contributed by atoms with van der Waals surface area (Å²) in [4.78, 5) is 0. The third kappa shape index (κ3) is 8.56. The third-order valence-corrected chi connectivity index (χ3v) is 13.8. The maximum atomic E-state index is 2.29. The summed E-state index contributed by atoms with van der Waals surface area (Å²) >= 11 is 3.77. The fourth-order valence-electron chi connectivity index (χ4n) is 7.95. The van der Waals surface area contributed by atoms with Gasteiger partial charge < -0.3 is 0 Å². The van der Waals surface area contributed by atoms with E-state index >= 15 is 0 Å². The van der Waals surface area contributed by atoms with Crippen molar-refractivity contribution in [3.63, 3.8) is 0 Å². The van der Waals surface area contributed by atoms with Gasteiger partial charge in [-0.25, -0.2) is 0 Å². The molecule has 0 radical (unpaired) electrons. The molecule has 0 atom stereocenters. The topological polar surface area (TPSA) is 0 Å².